The normalized spacial score (nSPS) is 13.5. The van der Waals surface area contributed by atoms with Crippen LogP contribution < -0.4 is 10.1 Å². The zero-order valence-electron chi connectivity index (χ0n) is 16.4. The number of aryl methyl sites for hydroxylation is 1. The number of ether oxygens (including phenoxy) is 1. The van der Waals surface area contributed by atoms with E-state index in [1.807, 2.05) is 31.3 Å². The molecule has 1 aromatic carbocycles. The van der Waals surface area contributed by atoms with Crippen molar-refractivity contribution >= 4 is 41.5 Å². The first-order valence-corrected chi connectivity index (χ1v) is 9.84. The summed E-state index contributed by atoms with van der Waals surface area (Å²) in [7, 11) is 2.01. The Balaban J connectivity index is 0.00000280. The number of hydrogen-bond donors (Lipinski definition) is 1. The van der Waals surface area contributed by atoms with Crippen LogP contribution in [0.15, 0.2) is 29.3 Å². The van der Waals surface area contributed by atoms with Crippen LogP contribution in [0.1, 0.15) is 31.4 Å². The monoisotopic (exact) mass is 518 g/mol. The van der Waals surface area contributed by atoms with Gasteiger partial charge in [-0.05, 0) is 44.0 Å². The third-order valence-corrected chi connectivity index (χ3v) is 4.76. The maximum atomic E-state index is 5.89. The molecule has 1 aliphatic rings. The molecule has 0 amide bonds. The second kappa shape index (κ2) is 11.5. The number of aliphatic imine (C=N–C) groups is 1. The minimum Gasteiger partial charge on any atom is -0.492 e. The molecule has 0 fully saturated rings. The molecule has 9 heteroatoms. The largest absolute Gasteiger partial charge is 0.492 e. The van der Waals surface area contributed by atoms with Gasteiger partial charge in [-0.3, -0.25) is 0 Å². The van der Waals surface area contributed by atoms with Crippen molar-refractivity contribution in [1.29, 1.82) is 0 Å². The molecule has 1 aliphatic heterocycles. The smallest absolute Gasteiger partial charge is 0.194 e. The van der Waals surface area contributed by atoms with E-state index in [0.717, 1.165) is 42.9 Å². The fourth-order valence-corrected chi connectivity index (χ4v) is 3.16. The van der Waals surface area contributed by atoms with E-state index < -0.39 is 0 Å². The number of hydrogen-bond acceptors (Lipinski definition) is 4. The molecule has 0 aliphatic carbocycles. The van der Waals surface area contributed by atoms with E-state index in [1.165, 1.54) is 12.8 Å². The maximum absolute atomic E-state index is 5.89. The van der Waals surface area contributed by atoms with Crippen LogP contribution in [0.4, 0.5) is 0 Å². The number of nitrogens with one attached hydrogen (secondary N) is 1. The van der Waals surface area contributed by atoms with Crippen molar-refractivity contribution < 1.29 is 4.74 Å². The van der Waals surface area contributed by atoms with E-state index in [0.29, 0.717) is 24.7 Å². The molecule has 0 unspecified atom stereocenters. The number of rotatable bonds is 7. The average Bonchev–Trinajstić information content (AvgIpc) is 3.10. The van der Waals surface area contributed by atoms with Gasteiger partial charge in [0.05, 0.1) is 6.54 Å². The van der Waals surface area contributed by atoms with Gasteiger partial charge in [0, 0.05) is 31.6 Å². The Morgan fingerprint density at radius 3 is 2.82 bits per heavy atom. The first-order chi connectivity index (χ1) is 13.2. The first kappa shape index (κ1) is 22.7. The van der Waals surface area contributed by atoms with Gasteiger partial charge >= 0.3 is 0 Å². The van der Waals surface area contributed by atoms with Crippen LogP contribution in [-0.2, 0) is 19.5 Å². The van der Waals surface area contributed by atoms with E-state index in [2.05, 4.69) is 31.9 Å². The van der Waals surface area contributed by atoms with E-state index in [9.17, 15) is 0 Å². The van der Waals surface area contributed by atoms with Crippen molar-refractivity contribution in [3.8, 4) is 5.75 Å². The summed E-state index contributed by atoms with van der Waals surface area (Å²) in [6.07, 6.45) is 3.39. The molecule has 0 saturated heterocycles. The molecule has 0 saturated carbocycles. The number of likely N-dealkylation sites (N-methyl/N-ethyl adjacent to an activating group) is 1. The lowest BCUT2D eigenvalue weighted by Crippen LogP contribution is -2.41. The minimum atomic E-state index is 0. The molecule has 2 aromatic rings. The van der Waals surface area contributed by atoms with Crippen LogP contribution in [0.25, 0.3) is 0 Å². The molecule has 2 heterocycles. The van der Waals surface area contributed by atoms with Crippen molar-refractivity contribution in [3.05, 3.63) is 40.9 Å². The lowest BCUT2D eigenvalue weighted by Gasteiger charge is -2.22. The Hall–Kier alpha value is -1.55. The molecule has 154 valence electrons. The number of nitrogens with zero attached hydrogens (tertiary/aromatic N) is 5. The molecule has 0 spiro atoms. The maximum Gasteiger partial charge on any atom is 0.194 e. The third kappa shape index (κ3) is 6.23. The van der Waals surface area contributed by atoms with Crippen LogP contribution in [-0.4, -0.2) is 52.4 Å². The van der Waals surface area contributed by atoms with Crippen molar-refractivity contribution in [2.45, 2.75) is 39.3 Å². The number of fused-ring (bicyclic) bond motifs is 1. The molecule has 1 N–H and O–H groups in total. The summed E-state index contributed by atoms with van der Waals surface area (Å²) in [5.74, 6) is 3.67. The number of benzene rings is 1. The topological polar surface area (TPSA) is 67.6 Å². The molecule has 7 nitrogen and oxygen atoms in total. The standard InChI is InChI=1S/C19H27ClN6O.HI/c1-3-21-19(22-14-18-24-23-17-6-4-5-11-26(17)18)25(2)12-13-27-16-9-7-15(20)8-10-16;/h7-10H,3-6,11-14H2,1-2H3,(H,21,22);1H. The fourth-order valence-electron chi connectivity index (χ4n) is 3.04. The molecule has 3 rings (SSSR count). The van der Waals surface area contributed by atoms with E-state index in [4.69, 9.17) is 21.3 Å². The van der Waals surface area contributed by atoms with Gasteiger partial charge < -0.3 is 19.5 Å². The minimum absolute atomic E-state index is 0. The van der Waals surface area contributed by atoms with Gasteiger partial charge in [-0.1, -0.05) is 11.6 Å². The van der Waals surface area contributed by atoms with E-state index >= 15 is 0 Å². The van der Waals surface area contributed by atoms with Crippen LogP contribution in [0.5, 0.6) is 5.75 Å². The molecule has 0 bridgehead atoms. The van der Waals surface area contributed by atoms with E-state index in [-0.39, 0.29) is 24.0 Å². The van der Waals surface area contributed by atoms with Crippen LogP contribution in [0, 0.1) is 0 Å². The van der Waals surface area contributed by atoms with Crippen molar-refractivity contribution in [2.75, 3.05) is 26.7 Å². The van der Waals surface area contributed by atoms with Gasteiger partial charge in [-0.15, -0.1) is 34.2 Å². The Labute approximate surface area is 188 Å². The van der Waals surface area contributed by atoms with Crippen LogP contribution in [0.2, 0.25) is 5.02 Å². The quantitative estimate of drug-likeness (QED) is 0.346. The Morgan fingerprint density at radius 1 is 1.29 bits per heavy atom. The highest BCUT2D eigenvalue weighted by Crippen LogP contribution is 2.16. The zero-order valence-corrected chi connectivity index (χ0v) is 19.5. The Bertz CT molecular complexity index is 764. The lowest BCUT2D eigenvalue weighted by atomic mass is 10.2. The molecular formula is C19H28ClIN6O. The summed E-state index contributed by atoms with van der Waals surface area (Å²) < 4.78 is 7.98. The Morgan fingerprint density at radius 2 is 2.07 bits per heavy atom. The van der Waals surface area contributed by atoms with Gasteiger partial charge in [0.25, 0.3) is 0 Å². The molecule has 0 atom stereocenters. The fraction of sp³-hybridized carbons (Fsp3) is 0.526. The van der Waals surface area contributed by atoms with Crippen molar-refractivity contribution in [1.82, 2.24) is 25.0 Å². The van der Waals surface area contributed by atoms with Gasteiger partial charge in [-0.2, -0.15) is 0 Å². The summed E-state index contributed by atoms with van der Waals surface area (Å²) in [4.78, 5) is 6.80. The van der Waals surface area contributed by atoms with Gasteiger partial charge in [-0.25, -0.2) is 4.99 Å². The van der Waals surface area contributed by atoms with Crippen LogP contribution >= 0.6 is 35.6 Å². The summed E-state index contributed by atoms with van der Waals surface area (Å²) in [5.41, 5.74) is 0. The van der Waals surface area contributed by atoms with Gasteiger partial charge in [0.2, 0.25) is 0 Å². The predicted molar refractivity (Wildman–Crippen MR) is 123 cm³/mol. The number of aromatic nitrogens is 3. The van der Waals surface area contributed by atoms with Gasteiger partial charge in [0.15, 0.2) is 11.8 Å². The number of halogens is 2. The lowest BCUT2D eigenvalue weighted by molar-refractivity contribution is 0.281. The molecular weight excluding hydrogens is 491 g/mol. The summed E-state index contributed by atoms with van der Waals surface area (Å²) in [5, 5.41) is 12.6. The van der Waals surface area contributed by atoms with Gasteiger partial charge in [0.1, 0.15) is 24.7 Å². The van der Waals surface area contributed by atoms with Crippen molar-refractivity contribution in [3.63, 3.8) is 0 Å². The Kier molecular flexibility index (Phi) is 9.30. The number of guanidine groups is 1. The second-order valence-corrected chi connectivity index (χ2v) is 6.97. The summed E-state index contributed by atoms with van der Waals surface area (Å²) in [6, 6.07) is 7.39. The predicted octanol–water partition coefficient (Wildman–Crippen LogP) is 3.36. The second-order valence-electron chi connectivity index (χ2n) is 6.54. The summed E-state index contributed by atoms with van der Waals surface area (Å²) in [6.45, 7) is 5.66. The van der Waals surface area contributed by atoms with E-state index in [1.54, 1.807) is 0 Å². The SMILES string of the molecule is CCNC(=NCc1nnc2n1CCCC2)N(C)CCOc1ccc(Cl)cc1.I. The van der Waals surface area contributed by atoms with Crippen LogP contribution in [0.3, 0.4) is 0 Å². The molecule has 0 radical (unpaired) electrons. The third-order valence-electron chi connectivity index (χ3n) is 4.51. The average molecular weight is 519 g/mol. The highest BCUT2D eigenvalue weighted by molar-refractivity contribution is 14.0. The molecule has 28 heavy (non-hydrogen) atoms. The highest BCUT2D eigenvalue weighted by atomic mass is 127. The summed E-state index contributed by atoms with van der Waals surface area (Å²) >= 11 is 5.89. The first-order valence-electron chi connectivity index (χ1n) is 9.46. The molecule has 1 aromatic heterocycles. The highest BCUT2D eigenvalue weighted by Gasteiger charge is 2.15. The van der Waals surface area contributed by atoms with Crippen molar-refractivity contribution in [2.24, 2.45) is 4.99 Å². The zero-order chi connectivity index (χ0) is 19.1.